The molecule has 0 fully saturated rings. The van der Waals surface area contributed by atoms with Crippen molar-refractivity contribution in [3.05, 3.63) is 62.6 Å². The van der Waals surface area contributed by atoms with Gasteiger partial charge in [0.2, 0.25) is 0 Å². The molecule has 0 aliphatic rings. The summed E-state index contributed by atoms with van der Waals surface area (Å²) in [7, 11) is 0. The molecule has 0 radical (unpaired) electrons. The predicted molar refractivity (Wildman–Crippen MR) is 70.0 cm³/mol. The van der Waals surface area contributed by atoms with Gasteiger partial charge in [-0.05, 0) is 47.9 Å². The molecule has 0 saturated heterocycles. The molecular formula is C13H8BrClF2O. The quantitative estimate of drug-likeness (QED) is 0.846. The van der Waals surface area contributed by atoms with Crippen LogP contribution in [0.2, 0.25) is 5.02 Å². The molecule has 0 saturated carbocycles. The highest BCUT2D eigenvalue weighted by atomic mass is 79.9. The smallest absolute Gasteiger partial charge is 0.187 e. The zero-order chi connectivity index (χ0) is 13.3. The zero-order valence-corrected chi connectivity index (χ0v) is 11.4. The number of phenols is 1. The minimum Gasteiger partial charge on any atom is -0.503 e. The maximum absolute atomic E-state index is 13.2. The van der Waals surface area contributed by atoms with E-state index >= 15 is 0 Å². The van der Waals surface area contributed by atoms with E-state index in [0.29, 0.717) is 10.6 Å². The highest BCUT2D eigenvalue weighted by Gasteiger charge is 2.11. The van der Waals surface area contributed by atoms with Gasteiger partial charge in [-0.15, -0.1) is 0 Å². The van der Waals surface area contributed by atoms with Gasteiger partial charge in [0.05, 0.1) is 0 Å². The molecule has 1 nitrogen and oxygen atoms in total. The molecule has 1 N–H and O–H groups in total. The monoisotopic (exact) mass is 332 g/mol. The molecule has 0 heterocycles. The highest BCUT2D eigenvalue weighted by Crippen LogP contribution is 2.26. The van der Waals surface area contributed by atoms with E-state index < -0.39 is 17.4 Å². The molecule has 18 heavy (non-hydrogen) atoms. The van der Waals surface area contributed by atoms with Crippen molar-refractivity contribution in [1.82, 2.24) is 0 Å². The van der Waals surface area contributed by atoms with Crippen LogP contribution in [0.3, 0.4) is 0 Å². The van der Waals surface area contributed by atoms with Crippen LogP contribution >= 0.6 is 27.5 Å². The van der Waals surface area contributed by atoms with E-state index in [4.69, 9.17) is 16.7 Å². The van der Waals surface area contributed by atoms with Crippen molar-refractivity contribution in [2.75, 3.05) is 0 Å². The maximum atomic E-state index is 13.2. The molecule has 0 amide bonds. The van der Waals surface area contributed by atoms with E-state index in [-0.39, 0.29) is 6.42 Å². The first-order valence-corrected chi connectivity index (χ1v) is 6.25. The third kappa shape index (κ3) is 2.82. The SMILES string of the molecule is Oc1c(F)cc(Cc2cc(Br)ccc2Cl)cc1F. The molecule has 0 aromatic heterocycles. The molecule has 94 valence electrons. The summed E-state index contributed by atoms with van der Waals surface area (Å²) in [4.78, 5) is 0. The third-order valence-corrected chi connectivity index (χ3v) is 3.34. The number of halogens is 4. The van der Waals surface area contributed by atoms with E-state index in [0.717, 1.165) is 22.2 Å². The molecule has 0 aliphatic carbocycles. The molecule has 2 aromatic rings. The largest absolute Gasteiger partial charge is 0.503 e. The first-order valence-electron chi connectivity index (χ1n) is 5.08. The average Bonchev–Trinajstić information content (AvgIpc) is 2.31. The Kier molecular flexibility index (Phi) is 3.88. The molecule has 0 unspecified atom stereocenters. The topological polar surface area (TPSA) is 20.2 Å². The van der Waals surface area contributed by atoms with Crippen molar-refractivity contribution >= 4 is 27.5 Å². The van der Waals surface area contributed by atoms with Crippen molar-refractivity contribution < 1.29 is 13.9 Å². The van der Waals surface area contributed by atoms with Crippen LogP contribution < -0.4 is 0 Å². The Morgan fingerprint density at radius 2 is 1.72 bits per heavy atom. The van der Waals surface area contributed by atoms with Crippen LogP contribution in [-0.4, -0.2) is 5.11 Å². The van der Waals surface area contributed by atoms with Gasteiger partial charge in [0.25, 0.3) is 0 Å². The summed E-state index contributed by atoms with van der Waals surface area (Å²) < 4.78 is 27.2. The molecule has 0 aliphatic heterocycles. The fourth-order valence-corrected chi connectivity index (χ4v) is 2.21. The Morgan fingerprint density at radius 1 is 1.11 bits per heavy atom. The number of hydrogen-bond donors (Lipinski definition) is 1. The summed E-state index contributed by atoms with van der Waals surface area (Å²) in [6.07, 6.45) is 0.284. The second-order valence-electron chi connectivity index (χ2n) is 3.82. The van der Waals surface area contributed by atoms with Crippen LogP contribution in [0.25, 0.3) is 0 Å². The summed E-state index contributed by atoms with van der Waals surface area (Å²) in [6.45, 7) is 0. The van der Waals surface area contributed by atoms with Crippen LogP contribution in [0.15, 0.2) is 34.8 Å². The van der Waals surface area contributed by atoms with Crippen LogP contribution in [0.4, 0.5) is 8.78 Å². The van der Waals surface area contributed by atoms with E-state index in [1.54, 1.807) is 18.2 Å². The molecule has 0 atom stereocenters. The lowest BCUT2D eigenvalue weighted by atomic mass is 10.0. The summed E-state index contributed by atoms with van der Waals surface area (Å²) in [5, 5.41) is 9.53. The van der Waals surface area contributed by atoms with E-state index in [1.807, 2.05) is 0 Å². The Bertz CT molecular complexity index is 579. The molecule has 2 aromatic carbocycles. The second kappa shape index (κ2) is 5.24. The van der Waals surface area contributed by atoms with Gasteiger partial charge in [-0.2, -0.15) is 0 Å². The molecule has 5 heteroatoms. The summed E-state index contributed by atoms with van der Waals surface area (Å²) in [6, 6.07) is 7.45. The van der Waals surface area contributed by atoms with Crippen LogP contribution in [0.1, 0.15) is 11.1 Å². The molecule has 0 spiro atoms. The summed E-state index contributed by atoms with van der Waals surface area (Å²) >= 11 is 9.30. The molecule has 0 bridgehead atoms. The Morgan fingerprint density at radius 3 is 2.33 bits per heavy atom. The van der Waals surface area contributed by atoms with Crippen LogP contribution in [0, 0.1) is 11.6 Å². The van der Waals surface area contributed by atoms with Crippen molar-refractivity contribution in [2.45, 2.75) is 6.42 Å². The van der Waals surface area contributed by atoms with Gasteiger partial charge in [-0.1, -0.05) is 27.5 Å². The Balaban J connectivity index is 2.37. The van der Waals surface area contributed by atoms with Gasteiger partial charge in [0.1, 0.15) is 0 Å². The Labute approximate surface area is 116 Å². The summed E-state index contributed by atoms with van der Waals surface area (Å²) in [5.74, 6) is -2.91. The summed E-state index contributed by atoms with van der Waals surface area (Å²) in [5.41, 5.74) is 1.15. The first kappa shape index (κ1) is 13.3. The van der Waals surface area contributed by atoms with Crippen molar-refractivity contribution in [2.24, 2.45) is 0 Å². The second-order valence-corrected chi connectivity index (χ2v) is 5.14. The number of hydrogen-bond acceptors (Lipinski definition) is 1. The van der Waals surface area contributed by atoms with Crippen LogP contribution in [0.5, 0.6) is 5.75 Å². The van der Waals surface area contributed by atoms with Gasteiger partial charge in [0, 0.05) is 9.50 Å². The fraction of sp³-hybridized carbons (Fsp3) is 0.0769. The number of phenolic OH excluding ortho intramolecular Hbond substituents is 1. The van der Waals surface area contributed by atoms with Crippen molar-refractivity contribution in [3.63, 3.8) is 0 Å². The van der Waals surface area contributed by atoms with E-state index in [1.165, 1.54) is 0 Å². The maximum Gasteiger partial charge on any atom is 0.187 e. The van der Waals surface area contributed by atoms with Gasteiger partial charge in [-0.3, -0.25) is 0 Å². The average molecular weight is 334 g/mol. The zero-order valence-electron chi connectivity index (χ0n) is 9.05. The van der Waals surface area contributed by atoms with Gasteiger partial charge in [-0.25, -0.2) is 8.78 Å². The van der Waals surface area contributed by atoms with Crippen LogP contribution in [-0.2, 0) is 6.42 Å². The minimum atomic E-state index is -0.976. The highest BCUT2D eigenvalue weighted by molar-refractivity contribution is 9.10. The Hall–Kier alpha value is -1.13. The fourth-order valence-electron chi connectivity index (χ4n) is 1.62. The third-order valence-electron chi connectivity index (χ3n) is 2.48. The molecular weight excluding hydrogens is 325 g/mol. The van der Waals surface area contributed by atoms with Gasteiger partial charge < -0.3 is 5.11 Å². The normalized spacial score (nSPS) is 10.7. The van der Waals surface area contributed by atoms with Gasteiger partial charge in [0.15, 0.2) is 17.4 Å². The van der Waals surface area contributed by atoms with E-state index in [9.17, 15) is 8.78 Å². The number of aromatic hydroxyl groups is 1. The molecule has 2 rings (SSSR count). The lowest BCUT2D eigenvalue weighted by molar-refractivity contribution is 0.395. The first-order chi connectivity index (χ1) is 8.47. The number of benzene rings is 2. The van der Waals surface area contributed by atoms with Crippen molar-refractivity contribution in [1.29, 1.82) is 0 Å². The standard InChI is InChI=1S/C13H8BrClF2O/c14-9-1-2-10(15)8(6-9)3-7-4-11(16)13(18)12(17)5-7/h1-2,4-6,18H,3H2. The lowest BCUT2D eigenvalue weighted by Gasteiger charge is -2.07. The van der Waals surface area contributed by atoms with E-state index in [2.05, 4.69) is 15.9 Å². The number of rotatable bonds is 2. The lowest BCUT2D eigenvalue weighted by Crippen LogP contribution is -1.93. The van der Waals surface area contributed by atoms with Gasteiger partial charge >= 0.3 is 0 Å². The minimum absolute atomic E-state index is 0.284. The predicted octanol–water partition coefficient (Wildman–Crippen LogP) is 4.68. The van der Waals surface area contributed by atoms with Crippen molar-refractivity contribution in [3.8, 4) is 5.75 Å².